The number of fused-ring (bicyclic) bond motifs is 2. The lowest BCUT2D eigenvalue weighted by Gasteiger charge is -2.52. The summed E-state index contributed by atoms with van der Waals surface area (Å²) in [5.74, 6) is -10.9. The molecule has 2 aromatic rings. The van der Waals surface area contributed by atoms with Gasteiger partial charge in [0.2, 0.25) is 5.91 Å². The fourth-order valence-electron chi connectivity index (χ4n) is 15.2. The van der Waals surface area contributed by atoms with E-state index in [0.717, 1.165) is 44.9 Å². The minimum absolute atomic E-state index is 0.00270. The summed E-state index contributed by atoms with van der Waals surface area (Å²) in [4.78, 5) is 110. The topological polar surface area (TPSA) is 269 Å². The second-order valence-electron chi connectivity index (χ2n) is 30.8. The van der Waals surface area contributed by atoms with E-state index in [2.05, 4.69) is 19.2 Å². The van der Waals surface area contributed by atoms with Crippen molar-refractivity contribution in [3.05, 3.63) is 83.9 Å². The first-order chi connectivity index (χ1) is 52.1. The van der Waals surface area contributed by atoms with Gasteiger partial charge >= 0.3 is 41.8 Å². The van der Waals surface area contributed by atoms with Gasteiger partial charge in [-0.05, 0) is 61.4 Å². The Morgan fingerprint density at radius 1 is 0.602 bits per heavy atom. The van der Waals surface area contributed by atoms with Crippen molar-refractivity contribution in [1.29, 1.82) is 0 Å². The van der Waals surface area contributed by atoms with Gasteiger partial charge in [-0.15, -0.1) is 0 Å². The molecular formula is C86H133NO21. The minimum Gasteiger partial charge on any atom is -0.465 e. The number of rotatable bonds is 45. The Morgan fingerprint density at radius 3 is 1.70 bits per heavy atom. The van der Waals surface area contributed by atoms with Gasteiger partial charge in [0.15, 0.2) is 18.7 Å². The third-order valence-electron chi connectivity index (χ3n) is 22.0. The summed E-state index contributed by atoms with van der Waals surface area (Å²) in [7, 11) is 1.22. The van der Waals surface area contributed by atoms with Crippen LogP contribution in [0.5, 0.6) is 0 Å². The van der Waals surface area contributed by atoms with Crippen LogP contribution in [-0.4, -0.2) is 154 Å². The molecule has 4 saturated heterocycles. The molecule has 22 nitrogen and oxygen atoms in total. The zero-order valence-corrected chi connectivity index (χ0v) is 67.1. The van der Waals surface area contributed by atoms with Crippen molar-refractivity contribution >= 4 is 47.7 Å². The average molecular weight is 1520 g/mol. The Hall–Kier alpha value is -6.30. The number of nitrogens with one attached hydrogen (secondary N) is 1. The number of esters is 7. The standard InChI is InChI=1S/C86H133NO21/c1-12-14-16-18-20-22-24-26-27-29-31-33-35-37-45-51-74(90)87-69-55-100-84-80(105-82(94)68-48-42-39-43-49-68)63(7)79(73(104-84)58-98-75(91)52-53-76(92)102-70(69)50-44-36-34-32-30-28-25-23-21-19-17-15-13-2)106-83-64(8)78(62(6)72(103-83)57-99-81(93)67-46-40-38-41-47-67)108-86(85(95)96-11)54-59(3)60(4)77(107-86)61(5)71(101-66(10)89)56-97-65(9)88/h38-44,46-50,59-64,69-73,77-80,83-84H,12-37,45,51-58H2,1-11H3,(H,87,90)/b50-44+/t59?,60-,61+,62-,63?,64?,69-,70+,71+,72?,73-,77+,78-,79-,80?,83-,84+,86-/m0/s1. The maximum Gasteiger partial charge on any atom is 0.366 e. The van der Waals surface area contributed by atoms with Gasteiger partial charge in [-0.2, -0.15) is 0 Å². The first kappa shape index (κ1) is 90.6. The van der Waals surface area contributed by atoms with Gasteiger partial charge in [-0.25, -0.2) is 14.4 Å². The average Bonchev–Trinajstić information content (AvgIpc) is 0.758. The number of hydrogen-bond donors (Lipinski definition) is 1. The van der Waals surface area contributed by atoms with Crippen molar-refractivity contribution in [3.8, 4) is 0 Å². The van der Waals surface area contributed by atoms with E-state index in [-0.39, 0.29) is 74.4 Å². The molecule has 2 bridgehead atoms. The second kappa shape index (κ2) is 49.9. The van der Waals surface area contributed by atoms with Crippen LogP contribution in [0.25, 0.3) is 0 Å². The summed E-state index contributed by atoms with van der Waals surface area (Å²) in [6, 6.07) is 15.8. The number of carbonyl (C=O) groups is 8. The number of methoxy groups -OCH3 is 1. The number of cyclic esters (lactones) is 2. The molecule has 18 atom stereocenters. The Balaban J connectivity index is 1.31. The molecular weight excluding hydrogens is 1380 g/mol. The van der Waals surface area contributed by atoms with Crippen molar-refractivity contribution in [2.75, 3.05) is 33.5 Å². The normalized spacial score (nSPS) is 27.6. The van der Waals surface area contributed by atoms with Crippen LogP contribution in [0.1, 0.15) is 289 Å². The molecule has 5 unspecified atom stereocenters. The predicted molar refractivity (Wildman–Crippen MR) is 409 cm³/mol. The lowest BCUT2D eigenvalue weighted by Crippen LogP contribution is -2.63. The van der Waals surface area contributed by atoms with E-state index < -0.39 is 145 Å². The first-order valence-corrected chi connectivity index (χ1v) is 41.2. The molecule has 0 aliphatic carbocycles. The van der Waals surface area contributed by atoms with E-state index in [1.165, 1.54) is 137 Å². The van der Waals surface area contributed by atoms with Gasteiger partial charge in [0.1, 0.15) is 38.1 Å². The Kier molecular flexibility index (Phi) is 41.8. The summed E-state index contributed by atoms with van der Waals surface area (Å²) < 4.78 is 83.3. The van der Waals surface area contributed by atoms with Crippen LogP contribution in [0, 0.1) is 35.5 Å². The molecule has 0 saturated carbocycles. The number of amides is 1. The fraction of sp³-hybridized carbons (Fsp3) is 0.744. The van der Waals surface area contributed by atoms with Gasteiger partial charge < -0.3 is 66.9 Å². The summed E-state index contributed by atoms with van der Waals surface area (Å²) in [5, 5.41) is 3.17. The highest BCUT2D eigenvalue weighted by Gasteiger charge is 2.59. The zero-order valence-electron chi connectivity index (χ0n) is 67.1. The molecule has 1 amide bonds. The third-order valence-corrected chi connectivity index (χ3v) is 22.0. The summed E-state index contributed by atoms with van der Waals surface area (Å²) in [6.07, 6.45) is 23.3. The molecule has 1 N–H and O–H groups in total. The van der Waals surface area contributed by atoms with Gasteiger partial charge in [0, 0.05) is 50.4 Å². The molecule has 108 heavy (non-hydrogen) atoms. The Labute approximate surface area is 644 Å². The van der Waals surface area contributed by atoms with Crippen molar-refractivity contribution in [1.82, 2.24) is 5.32 Å². The smallest absolute Gasteiger partial charge is 0.366 e. The van der Waals surface area contributed by atoms with E-state index in [4.69, 9.17) is 61.6 Å². The maximum absolute atomic E-state index is 14.7. The lowest BCUT2D eigenvalue weighted by molar-refractivity contribution is -0.369. The number of carbonyl (C=O) groups excluding carboxylic acids is 8. The zero-order chi connectivity index (χ0) is 78.2. The van der Waals surface area contributed by atoms with Crippen molar-refractivity contribution in [2.45, 2.75) is 342 Å². The van der Waals surface area contributed by atoms with Gasteiger partial charge in [-0.3, -0.25) is 24.0 Å². The molecule has 4 aliphatic rings. The molecule has 608 valence electrons. The van der Waals surface area contributed by atoms with Crippen LogP contribution in [0.2, 0.25) is 0 Å². The van der Waals surface area contributed by atoms with E-state index in [9.17, 15) is 38.4 Å². The molecule has 0 aromatic heterocycles. The monoisotopic (exact) mass is 1520 g/mol. The lowest BCUT2D eigenvalue weighted by atomic mass is 9.76. The first-order valence-electron chi connectivity index (χ1n) is 41.2. The number of hydrogen-bond acceptors (Lipinski definition) is 21. The fourth-order valence-corrected chi connectivity index (χ4v) is 15.2. The van der Waals surface area contributed by atoms with Crippen LogP contribution < -0.4 is 5.32 Å². The van der Waals surface area contributed by atoms with Crippen LogP contribution in [0.15, 0.2) is 72.8 Å². The quantitative estimate of drug-likeness (QED) is 0.0279. The summed E-state index contributed by atoms with van der Waals surface area (Å²) >= 11 is 0. The maximum atomic E-state index is 14.7. The molecule has 6 rings (SSSR count). The molecule has 2 aromatic carbocycles. The van der Waals surface area contributed by atoms with Crippen LogP contribution >= 0.6 is 0 Å². The molecule has 4 aliphatic heterocycles. The molecule has 0 radical (unpaired) electrons. The van der Waals surface area contributed by atoms with Crippen LogP contribution in [0.3, 0.4) is 0 Å². The highest BCUT2D eigenvalue weighted by molar-refractivity contribution is 5.90. The summed E-state index contributed by atoms with van der Waals surface area (Å²) in [5.41, 5.74) is 0.506. The predicted octanol–water partition coefficient (Wildman–Crippen LogP) is 16.5. The highest BCUT2D eigenvalue weighted by Crippen LogP contribution is 2.47. The molecule has 4 fully saturated rings. The number of ether oxygens (including phenoxy) is 13. The van der Waals surface area contributed by atoms with Gasteiger partial charge in [0.05, 0.1) is 68.1 Å². The SMILES string of the molecule is CCCCCCCCCCCCC/C=C/[C@H]1OC(=O)CCC(=O)OC[C@@H]2O[C@@H](OC[C@@H]1NC(=O)CCCCCCCCCCCCCCCCC)C(OC(=O)c1ccccc1)C(C)[C@@H]2O[C@@H]1OC(COC(=O)c2ccccc2)[C@H](C)[C@H](O[C@]2(C(=O)OC)CC(C)[C@H](C)[C@H]([C@H](C)[C@@H](COC(C)=O)OC(C)=O)O2)C1C. The van der Waals surface area contributed by atoms with E-state index in [1.54, 1.807) is 87.5 Å². The van der Waals surface area contributed by atoms with Crippen molar-refractivity contribution in [3.63, 3.8) is 0 Å². The molecule has 4 heterocycles. The Bertz CT molecular complexity index is 2990. The highest BCUT2D eigenvalue weighted by atomic mass is 16.8. The van der Waals surface area contributed by atoms with E-state index >= 15 is 0 Å². The summed E-state index contributed by atoms with van der Waals surface area (Å²) in [6.45, 7) is 16.7. The number of allylic oxidation sites excluding steroid dienone is 1. The molecule has 22 heteroatoms. The molecule has 0 spiro atoms. The van der Waals surface area contributed by atoms with Crippen LogP contribution in [0.4, 0.5) is 0 Å². The van der Waals surface area contributed by atoms with E-state index in [0.29, 0.717) is 12.8 Å². The Morgan fingerprint density at radius 2 is 1.15 bits per heavy atom. The van der Waals surface area contributed by atoms with Crippen molar-refractivity contribution in [2.24, 2.45) is 35.5 Å². The minimum atomic E-state index is -2.12. The second-order valence-corrected chi connectivity index (χ2v) is 30.8. The van der Waals surface area contributed by atoms with Gasteiger partial charge in [0.25, 0.3) is 5.79 Å². The number of unbranched alkanes of at least 4 members (excludes halogenated alkanes) is 25. The third kappa shape index (κ3) is 30.8. The van der Waals surface area contributed by atoms with Crippen molar-refractivity contribution < 1.29 is 99.9 Å². The number of benzene rings is 2. The van der Waals surface area contributed by atoms with E-state index in [1.807, 2.05) is 26.8 Å². The van der Waals surface area contributed by atoms with Gasteiger partial charge in [-0.1, -0.05) is 252 Å². The largest absolute Gasteiger partial charge is 0.465 e. The van der Waals surface area contributed by atoms with Crippen LogP contribution in [-0.2, 0) is 90.3 Å².